The summed E-state index contributed by atoms with van der Waals surface area (Å²) in [6, 6.07) is 0.489. The molecule has 0 aliphatic heterocycles. The standard InChI is InChI=1S/C10H20N4/c1-5-11-9(8(2)3)6-10-12-7-13-14(10)4/h7-9,11H,5-6H2,1-4H3. The highest BCUT2D eigenvalue weighted by molar-refractivity contribution is 4.89. The van der Waals surface area contributed by atoms with Gasteiger partial charge in [-0.05, 0) is 12.5 Å². The van der Waals surface area contributed by atoms with Crippen LogP contribution in [0.2, 0.25) is 0 Å². The molecule has 1 aromatic heterocycles. The van der Waals surface area contributed by atoms with Crippen LogP contribution in [0.15, 0.2) is 6.33 Å². The summed E-state index contributed by atoms with van der Waals surface area (Å²) < 4.78 is 1.84. The SMILES string of the molecule is CCNC(Cc1ncnn1C)C(C)C. The zero-order chi connectivity index (χ0) is 10.6. The second-order valence-electron chi connectivity index (χ2n) is 3.91. The van der Waals surface area contributed by atoms with Crippen molar-refractivity contribution in [3.05, 3.63) is 12.2 Å². The molecular formula is C10H20N4. The Hall–Kier alpha value is -0.900. The molecule has 1 rings (SSSR count). The molecule has 1 N–H and O–H groups in total. The Labute approximate surface area is 85.7 Å². The summed E-state index contributed by atoms with van der Waals surface area (Å²) in [6.07, 6.45) is 2.56. The van der Waals surface area contributed by atoms with Crippen LogP contribution in [0, 0.1) is 5.92 Å². The van der Waals surface area contributed by atoms with Gasteiger partial charge >= 0.3 is 0 Å². The zero-order valence-corrected chi connectivity index (χ0v) is 9.49. The lowest BCUT2D eigenvalue weighted by Crippen LogP contribution is -2.36. The van der Waals surface area contributed by atoms with Gasteiger partial charge in [0.25, 0.3) is 0 Å². The van der Waals surface area contributed by atoms with E-state index in [0.29, 0.717) is 12.0 Å². The lowest BCUT2D eigenvalue weighted by molar-refractivity contribution is 0.394. The fraction of sp³-hybridized carbons (Fsp3) is 0.800. The molecule has 0 amide bonds. The summed E-state index contributed by atoms with van der Waals surface area (Å²) >= 11 is 0. The van der Waals surface area contributed by atoms with Gasteiger partial charge in [-0.25, -0.2) is 4.98 Å². The maximum atomic E-state index is 4.23. The van der Waals surface area contributed by atoms with Crippen LogP contribution < -0.4 is 5.32 Å². The molecule has 1 aromatic rings. The lowest BCUT2D eigenvalue weighted by Gasteiger charge is -2.20. The molecule has 4 heteroatoms. The Balaban J connectivity index is 2.60. The number of nitrogens with zero attached hydrogens (tertiary/aromatic N) is 3. The first kappa shape index (κ1) is 11.2. The van der Waals surface area contributed by atoms with E-state index in [-0.39, 0.29) is 0 Å². The minimum atomic E-state index is 0.489. The molecule has 0 saturated heterocycles. The highest BCUT2D eigenvalue weighted by Gasteiger charge is 2.14. The molecule has 80 valence electrons. The summed E-state index contributed by atoms with van der Waals surface area (Å²) in [5.74, 6) is 1.66. The van der Waals surface area contributed by atoms with Crippen molar-refractivity contribution < 1.29 is 0 Å². The van der Waals surface area contributed by atoms with Gasteiger partial charge in [0.2, 0.25) is 0 Å². The van der Waals surface area contributed by atoms with Gasteiger partial charge in [-0.3, -0.25) is 4.68 Å². The van der Waals surface area contributed by atoms with E-state index in [2.05, 4.69) is 36.2 Å². The number of hydrogen-bond donors (Lipinski definition) is 1. The molecule has 1 atom stereocenters. The molecule has 0 aliphatic rings. The Morgan fingerprint density at radius 2 is 2.21 bits per heavy atom. The molecule has 0 aromatic carbocycles. The van der Waals surface area contributed by atoms with E-state index in [0.717, 1.165) is 18.8 Å². The van der Waals surface area contributed by atoms with E-state index in [9.17, 15) is 0 Å². The monoisotopic (exact) mass is 196 g/mol. The van der Waals surface area contributed by atoms with E-state index < -0.39 is 0 Å². The zero-order valence-electron chi connectivity index (χ0n) is 9.49. The van der Waals surface area contributed by atoms with E-state index in [1.54, 1.807) is 6.33 Å². The number of nitrogens with one attached hydrogen (secondary N) is 1. The van der Waals surface area contributed by atoms with Gasteiger partial charge in [0, 0.05) is 19.5 Å². The third-order valence-corrected chi connectivity index (χ3v) is 2.48. The summed E-state index contributed by atoms with van der Waals surface area (Å²) in [7, 11) is 1.94. The summed E-state index contributed by atoms with van der Waals surface area (Å²) in [5, 5.41) is 7.53. The van der Waals surface area contributed by atoms with Crippen molar-refractivity contribution in [1.29, 1.82) is 0 Å². The van der Waals surface area contributed by atoms with E-state index in [1.165, 1.54) is 0 Å². The Kier molecular flexibility index (Phi) is 4.07. The molecule has 0 aliphatic carbocycles. The maximum absolute atomic E-state index is 4.23. The molecule has 1 unspecified atom stereocenters. The van der Waals surface area contributed by atoms with Gasteiger partial charge in [0.05, 0.1) is 0 Å². The van der Waals surface area contributed by atoms with Crippen molar-refractivity contribution in [3.8, 4) is 0 Å². The third kappa shape index (κ3) is 2.80. The van der Waals surface area contributed by atoms with Gasteiger partial charge in [0.15, 0.2) is 0 Å². The predicted octanol–water partition coefficient (Wildman–Crippen LogP) is 0.992. The number of hydrogen-bond acceptors (Lipinski definition) is 3. The van der Waals surface area contributed by atoms with Crippen LogP contribution in [0.5, 0.6) is 0 Å². The molecule has 4 nitrogen and oxygen atoms in total. The Morgan fingerprint density at radius 3 is 2.64 bits per heavy atom. The molecule has 0 bridgehead atoms. The average Bonchev–Trinajstić information content (AvgIpc) is 2.51. The second-order valence-corrected chi connectivity index (χ2v) is 3.91. The lowest BCUT2D eigenvalue weighted by atomic mass is 10.0. The van der Waals surface area contributed by atoms with Crippen LogP contribution >= 0.6 is 0 Å². The summed E-state index contributed by atoms with van der Waals surface area (Å²) in [4.78, 5) is 4.23. The van der Waals surface area contributed by atoms with E-state index in [4.69, 9.17) is 0 Å². The number of aryl methyl sites for hydroxylation is 1. The highest BCUT2D eigenvalue weighted by atomic mass is 15.3. The minimum Gasteiger partial charge on any atom is -0.314 e. The first-order chi connectivity index (χ1) is 6.65. The number of aromatic nitrogens is 3. The first-order valence-corrected chi connectivity index (χ1v) is 5.21. The van der Waals surface area contributed by atoms with Gasteiger partial charge < -0.3 is 5.32 Å². The van der Waals surface area contributed by atoms with E-state index in [1.807, 2.05) is 11.7 Å². The topological polar surface area (TPSA) is 42.7 Å². The molecule has 0 fully saturated rings. The first-order valence-electron chi connectivity index (χ1n) is 5.21. The summed E-state index contributed by atoms with van der Waals surface area (Å²) in [5.41, 5.74) is 0. The normalized spacial score (nSPS) is 13.5. The van der Waals surface area contributed by atoms with Crippen LogP contribution in [0.1, 0.15) is 26.6 Å². The van der Waals surface area contributed by atoms with Crippen molar-refractivity contribution in [2.75, 3.05) is 6.54 Å². The van der Waals surface area contributed by atoms with Crippen molar-refractivity contribution in [3.63, 3.8) is 0 Å². The van der Waals surface area contributed by atoms with Crippen LogP contribution in [0.4, 0.5) is 0 Å². The predicted molar refractivity (Wildman–Crippen MR) is 57.0 cm³/mol. The van der Waals surface area contributed by atoms with Gasteiger partial charge in [-0.2, -0.15) is 5.10 Å². The van der Waals surface area contributed by atoms with Gasteiger partial charge in [0.1, 0.15) is 12.2 Å². The molecule has 0 radical (unpaired) electrons. The molecule has 0 spiro atoms. The fourth-order valence-corrected chi connectivity index (χ4v) is 1.51. The van der Waals surface area contributed by atoms with Crippen molar-refractivity contribution in [2.45, 2.75) is 33.2 Å². The van der Waals surface area contributed by atoms with Crippen molar-refractivity contribution in [2.24, 2.45) is 13.0 Å². The average molecular weight is 196 g/mol. The molecular weight excluding hydrogens is 176 g/mol. The number of rotatable bonds is 5. The van der Waals surface area contributed by atoms with Gasteiger partial charge in [-0.15, -0.1) is 0 Å². The van der Waals surface area contributed by atoms with Crippen molar-refractivity contribution >= 4 is 0 Å². The third-order valence-electron chi connectivity index (χ3n) is 2.48. The van der Waals surface area contributed by atoms with Crippen LogP contribution in [0.25, 0.3) is 0 Å². The highest BCUT2D eigenvalue weighted by Crippen LogP contribution is 2.07. The van der Waals surface area contributed by atoms with Crippen molar-refractivity contribution in [1.82, 2.24) is 20.1 Å². The molecule has 1 heterocycles. The summed E-state index contributed by atoms with van der Waals surface area (Å²) in [6.45, 7) is 7.58. The van der Waals surface area contributed by atoms with Crippen LogP contribution in [-0.4, -0.2) is 27.4 Å². The number of likely N-dealkylation sites (N-methyl/N-ethyl adjacent to an activating group) is 1. The van der Waals surface area contributed by atoms with Crippen LogP contribution in [0.3, 0.4) is 0 Å². The maximum Gasteiger partial charge on any atom is 0.138 e. The Bertz CT molecular complexity index is 267. The Morgan fingerprint density at radius 1 is 1.50 bits per heavy atom. The van der Waals surface area contributed by atoms with E-state index >= 15 is 0 Å². The molecule has 0 saturated carbocycles. The van der Waals surface area contributed by atoms with Gasteiger partial charge in [-0.1, -0.05) is 20.8 Å². The largest absolute Gasteiger partial charge is 0.314 e. The fourth-order valence-electron chi connectivity index (χ4n) is 1.51. The smallest absolute Gasteiger partial charge is 0.138 e. The second kappa shape index (κ2) is 5.10. The van der Waals surface area contributed by atoms with Crippen LogP contribution in [-0.2, 0) is 13.5 Å². The quantitative estimate of drug-likeness (QED) is 0.763. The molecule has 14 heavy (non-hydrogen) atoms. The minimum absolute atomic E-state index is 0.489.